The summed E-state index contributed by atoms with van der Waals surface area (Å²) in [5.74, 6) is -1.63. The van der Waals surface area contributed by atoms with Gasteiger partial charge < -0.3 is 15.7 Å². The molecule has 0 fully saturated rings. The van der Waals surface area contributed by atoms with Gasteiger partial charge in [0.15, 0.2) is 0 Å². The molecule has 1 atom stereocenters. The third-order valence-electron chi connectivity index (χ3n) is 3.23. The van der Waals surface area contributed by atoms with Gasteiger partial charge in [-0.15, -0.1) is 0 Å². The van der Waals surface area contributed by atoms with Crippen LogP contribution in [-0.2, 0) is 20.8 Å². The summed E-state index contributed by atoms with van der Waals surface area (Å²) < 4.78 is 0. The molecule has 0 spiro atoms. The van der Waals surface area contributed by atoms with Crippen LogP contribution in [0.25, 0.3) is 0 Å². The van der Waals surface area contributed by atoms with Crippen LogP contribution < -0.4 is 10.6 Å². The monoisotopic (exact) mass is 320 g/mol. The number of carbonyl (C=O) groups excluding carboxylic acids is 2. The van der Waals surface area contributed by atoms with Gasteiger partial charge in [0.1, 0.15) is 6.04 Å². The first kappa shape index (κ1) is 18.7. The van der Waals surface area contributed by atoms with Gasteiger partial charge in [0.2, 0.25) is 11.8 Å². The van der Waals surface area contributed by atoms with E-state index < -0.39 is 23.3 Å². The minimum Gasteiger partial charge on any atom is -0.480 e. The lowest BCUT2D eigenvalue weighted by Crippen LogP contribution is -2.44. The van der Waals surface area contributed by atoms with Gasteiger partial charge in [-0.3, -0.25) is 9.59 Å². The van der Waals surface area contributed by atoms with E-state index in [9.17, 15) is 19.5 Å². The number of hydrogen-bond donors (Lipinski definition) is 3. The van der Waals surface area contributed by atoms with Crippen LogP contribution >= 0.6 is 0 Å². The number of hydrogen-bond acceptors (Lipinski definition) is 3. The first-order valence-corrected chi connectivity index (χ1v) is 7.54. The predicted molar refractivity (Wildman–Crippen MR) is 86.8 cm³/mol. The van der Waals surface area contributed by atoms with E-state index in [-0.39, 0.29) is 25.3 Å². The van der Waals surface area contributed by atoms with Crippen molar-refractivity contribution in [2.45, 2.75) is 39.7 Å². The Morgan fingerprint density at radius 2 is 1.74 bits per heavy atom. The second kappa shape index (κ2) is 8.31. The number of benzene rings is 1. The van der Waals surface area contributed by atoms with Crippen molar-refractivity contribution in [3.63, 3.8) is 0 Å². The number of amides is 2. The highest BCUT2D eigenvalue weighted by Crippen LogP contribution is 2.12. The van der Waals surface area contributed by atoms with Crippen molar-refractivity contribution in [3.8, 4) is 0 Å². The van der Waals surface area contributed by atoms with Crippen LogP contribution in [0.5, 0.6) is 0 Å². The Morgan fingerprint density at radius 3 is 2.26 bits per heavy atom. The van der Waals surface area contributed by atoms with Gasteiger partial charge in [-0.1, -0.05) is 51.1 Å². The molecule has 0 aliphatic carbocycles. The van der Waals surface area contributed by atoms with Crippen LogP contribution in [0.2, 0.25) is 0 Å². The summed E-state index contributed by atoms with van der Waals surface area (Å²) in [6.07, 6.45) is 0.261. The number of aliphatic carboxylic acids is 1. The molecule has 2 amide bonds. The molecule has 0 saturated heterocycles. The number of carboxylic acid groups (broad SMARTS) is 1. The Balaban J connectivity index is 2.46. The zero-order valence-corrected chi connectivity index (χ0v) is 13.8. The summed E-state index contributed by atoms with van der Waals surface area (Å²) in [6, 6.07) is 8.12. The van der Waals surface area contributed by atoms with Gasteiger partial charge in [-0.2, -0.15) is 0 Å². The summed E-state index contributed by atoms with van der Waals surface area (Å²) in [4.78, 5) is 34.8. The third-order valence-corrected chi connectivity index (χ3v) is 3.23. The highest BCUT2D eigenvalue weighted by Gasteiger charge is 2.22. The van der Waals surface area contributed by atoms with Crippen molar-refractivity contribution in [2.24, 2.45) is 5.41 Å². The Hall–Kier alpha value is -2.37. The molecule has 0 radical (unpaired) electrons. The summed E-state index contributed by atoms with van der Waals surface area (Å²) >= 11 is 0. The van der Waals surface area contributed by atoms with Gasteiger partial charge in [0, 0.05) is 24.8 Å². The zero-order valence-electron chi connectivity index (χ0n) is 13.8. The van der Waals surface area contributed by atoms with Crippen LogP contribution in [0, 0.1) is 5.41 Å². The number of carboxylic acids is 1. The van der Waals surface area contributed by atoms with Crippen molar-refractivity contribution >= 4 is 17.8 Å². The summed E-state index contributed by atoms with van der Waals surface area (Å²) in [5.41, 5.74) is 0.314. The predicted octanol–water partition coefficient (Wildman–Crippen LogP) is 1.35. The van der Waals surface area contributed by atoms with Crippen LogP contribution in [0.1, 0.15) is 32.8 Å². The van der Waals surface area contributed by atoms with Crippen molar-refractivity contribution in [1.29, 1.82) is 0 Å². The molecule has 1 aromatic carbocycles. The fourth-order valence-electron chi connectivity index (χ4n) is 1.87. The summed E-state index contributed by atoms with van der Waals surface area (Å²) in [6.45, 7) is 5.52. The molecule has 126 valence electrons. The molecule has 0 aliphatic heterocycles. The van der Waals surface area contributed by atoms with Crippen LogP contribution in [0.15, 0.2) is 30.3 Å². The Bertz CT molecular complexity index is 549. The highest BCUT2D eigenvalue weighted by molar-refractivity contribution is 5.85. The van der Waals surface area contributed by atoms with Crippen molar-refractivity contribution in [3.05, 3.63) is 35.9 Å². The van der Waals surface area contributed by atoms with Crippen molar-refractivity contribution in [1.82, 2.24) is 10.6 Å². The molecule has 23 heavy (non-hydrogen) atoms. The van der Waals surface area contributed by atoms with Crippen molar-refractivity contribution in [2.75, 3.05) is 6.54 Å². The summed E-state index contributed by atoms with van der Waals surface area (Å²) in [5, 5.41) is 14.4. The lowest BCUT2D eigenvalue weighted by molar-refractivity contribution is -0.141. The van der Waals surface area contributed by atoms with E-state index in [4.69, 9.17) is 0 Å². The third kappa shape index (κ3) is 6.95. The van der Waals surface area contributed by atoms with E-state index in [1.165, 1.54) is 0 Å². The normalized spacial score (nSPS) is 12.3. The molecule has 0 heterocycles. The molecule has 1 aromatic rings. The second-order valence-electron chi connectivity index (χ2n) is 6.40. The molecule has 6 nitrogen and oxygen atoms in total. The number of nitrogens with one attached hydrogen (secondary N) is 2. The first-order chi connectivity index (χ1) is 10.7. The molecule has 0 aliphatic rings. The first-order valence-electron chi connectivity index (χ1n) is 7.54. The molecule has 1 rings (SSSR count). The van der Waals surface area contributed by atoms with E-state index in [1.54, 1.807) is 20.8 Å². The van der Waals surface area contributed by atoms with E-state index in [0.29, 0.717) is 0 Å². The number of rotatable bonds is 7. The van der Waals surface area contributed by atoms with Crippen LogP contribution in [-0.4, -0.2) is 35.5 Å². The average molecular weight is 320 g/mol. The van der Waals surface area contributed by atoms with E-state index in [1.807, 2.05) is 30.3 Å². The van der Waals surface area contributed by atoms with Gasteiger partial charge in [-0.05, 0) is 5.56 Å². The maximum atomic E-state index is 11.9. The fourth-order valence-corrected chi connectivity index (χ4v) is 1.87. The minimum atomic E-state index is -1.08. The Labute approximate surface area is 136 Å². The van der Waals surface area contributed by atoms with Gasteiger partial charge >= 0.3 is 5.97 Å². The molecular weight excluding hydrogens is 296 g/mol. The van der Waals surface area contributed by atoms with Crippen LogP contribution in [0.3, 0.4) is 0 Å². The Morgan fingerprint density at radius 1 is 1.13 bits per heavy atom. The molecular formula is C17H24N2O4. The average Bonchev–Trinajstić information content (AvgIpc) is 2.46. The minimum absolute atomic E-state index is 0.0421. The van der Waals surface area contributed by atoms with Crippen molar-refractivity contribution < 1.29 is 19.5 Å². The molecule has 0 bridgehead atoms. The SMILES string of the molecule is CC(C)(C)C(=O)NCCC(=O)N[C@H](Cc1ccccc1)C(=O)O. The lowest BCUT2D eigenvalue weighted by atomic mass is 9.96. The quantitative estimate of drug-likeness (QED) is 0.706. The highest BCUT2D eigenvalue weighted by atomic mass is 16.4. The topological polar surface area (TPSA) is 95.5 Å². The smallest absolute Gasteiger partial charge is 0.326 e. The summed E-state index contributed by atoms with van der Waals surface area (Å²) in [7, 11) is 0. The second-order valence-corrected chi connectivity index (χ2v) is 6.40. The molecule has 0 unspecified atom stereocenters. The zero-order chi connectivity index (χ0) is 17.5. The molecule has 0 aromatic heterocycles. The maximum absolute atomic E-state index is 11.9. The standard InChI is InChI=1S/C17H24N2O4/c1-17(2,3)16(23)18-10-9-14(20)19-13(15(21)22)11-12-7-5-4-6-8-12/h4-8,13H,9-11H2,1-3H3,(H,18,23)(H,19,20)(H,21,22)/t13-/m1/s1. The van der Waals surface area contributed by atoms with E-state index in [2.05, 4.69) is 10.6 Å². The van der Waals surface area contributed by atoms with Gasteiger partial charge in [0.05, 0.1) is 0 Å². The number of carbonyl (C=O) groups is 3. The molecule has 6 heteroatoms. The maximum Gasteiger partial charge on any atom is 0.326 e. The lowest BCUT2D eigenvalue weighted by Gasteiger charge is -2.18. The van der Waals surface area contributed by atoms with E-state index in [0.717, 1.165) is 5.56 Å². The van der Waals surface area contributed by atoms with Gasteiger partial charge in [-0.25, -0.2) is 4.79 Å². The van der Waals surface area contributed by atoms with E-state index >= 15 is 0 Å². The molecule has 0 saturated carbocycles. The van der Waals surface area contributed by atoms with Crippen LogP contribution in [0.4, 0.5) is 0 Å². The Kier molecular flexibility index (Phi) is 6.75. The largest absolute Gasteiger partial charge is 0.480 e. The van der Waals surface area contributed by atoms with Gasteiger partial charge in [0.25, 0.3) is 0 Å². The molecule has 3 N–H and O–H groups in total. The fraction of sp³-hybridized carbons (Fsp3) is 0.471.